The topological polar surface area (TPSA) is 66.9 Å². The molecule has 2 N–H and O–H groups in total. The van der Waals surface area contributed by atoms with Crippen LogP contribution >= 0.6 is 39.0 Å². The molecule has 0 spiro atoms. The first-order chi connectivity index (χ1) is 12.5. The predicted molar refractivity (Wildman–Crippen MR) is 113 cm³/mol. The van der Waals surface area contributed by atoms with Crippen LogP contribution in [0.1, 0.15) is 11.1 Å². The van der Waals surface area contributed by atoms with Gasteiger partial charge in [0.25, 0.3) is 0 Å². The molecule has 0 saturated heterocycles. The molecule has 3 rings (SSSR count). The number of amides is 1. The molecule has 0 unspecified atom stereocenters. The highest BCUT2D eigenvalue weighted by Crippen LogP contribution is 2.28. The molecule has 0 aliphatic carbocycles. The summed E-state index contributed by atoms with van der Waals surface area (Å²) in [7, 11) is 0. The lowest BCUT2D eigenvalue weighted by Crippen LogP contribution is -2.13. The zero-order valence-electron chi connectivity index (χ0n) is 14.2. The number of carbonyl (C=O) groups excluding carboxylic acids is 1. The Labute approximate surface area is 168 Å². The number of nitrogens with one attached hydrogen (secondary N) is 2. The van der Waals surface area contributed by atoms with Crippen LogP contribution < -0.4 is 10.6 Å². The minimum absolute atomic E-state index is 0.0730. The maximum absolute atomic E-state index is 12.0. The smallest absolute Gasteiger partial charge is 0.234 e. The van der Waals surface area contributed by atoms with Crippen LogP contribution in [-0.4, -0.2) is 21.9 Å². The van der Waals surface area contributed by atoms with Gasteiger partial charge in [0, 0.05) is 15.8 Å². The van der Waals surface area contributed by atoms with Crippen molar-refractivity contribution in [3.05, 3.63) is 58.1 Å². The van der Waals surface area contributed by atoms with Crippen molar-refractivity contribution < 1.29 is 4.79 Å². The lowest BCUT2D eigenvalue weighted by atomic mass is 10.1. The Morgan fingerprint density at radius 1 is 1.08 bits per heavy atom. The number of hydrogen-bond acceptors (Lipinski definition) is 6. The van der Waals surface area contributed by atoms with Crippen molar-refractivity contribution in [1.29, 1.82) is 0 Å². The highest BCUT2D eigenvalue weighted by atomic mass is 79.9. The van der Waals surface area contributed by atoms with Gasteiger partial charge in [-0.2, -0.15) is 0 Å². The van der Waals surface area contributed by atoms with Crippen molar-refractivity contribution in [3.63, 3.8) is 0 Å². The van der Waals surface area contributed by atoms with Gasteiger partial charge in [0.05, 0.1) is 5.75 Å². The van der Waals surface area contributed by atoms with Gasteiger partial charge in [-0.05, 0) is 61.4 Å². The molecule has 0 atom stereocenters. The first-order valence-corrected chi connectivity index (χ1v) is 10.4. The van der Waals surface area contributed by atoms with Gasteiger partial charge in [-0.15, -0.1) is 10.2 Å². The molecule has 0 bridgehead atoms. The number of halogens is 1. The van der Waals surface area contributed by atoms with Crippen LogP contribution in [0.4, 0.5) is 16.5 Å². The molecule has 0 aliphatic rings. The van der Waals surface area contributed by atoms with Gasteiger partial charge in [0.2, 0.25) is 11.0 Å². The molecular formula is C18H17BrN4OS2. The molecule has 0 aliphatic heterocycles. The number of thioether (sulfide) groups is 1. The van der Waals surface area contributed by atoms with Crippen molar-refractivity contribution in [2.45, 2.75) is 18.2 Å². The largest absolute Gasteiger partial charge is 0.330 e. The molecular weight excluding hydrogens is 432 g/mol. The number of nitrogens with zero attached hydrogens (tertiary/aromatic N) is 2. The van der Waals surface area contributed by atoms with E-state index >= 15 is 0 Å². The van der Waals surface area contributed by atoms with Crippen LogP contribution in [0.25, 0.3) is 0 Å². The Balaban J connectivity index is 1.52. The lowest BCUT2D eigenvalue weighted by Gasteiger charge is -2.05. The van der Waals surface area contributed by atoms with Crippen molar-refractivity contribution >= 4 is 61.4 Å². The first-order valence-electron chi connectivity index (χ1n) is 7.85. The van der Waals surface area contributed by atoms with E-state index < -0.39 is 0 Å². The molecule has 1 aromatic heterocycles. The minimum Gasteiger partial charge on any atom is -0.330 e. The third kappa shape index (κ3) is 5.30. The first kappa shape index (κ1) is 18.9. The van der Waals surface area contributed by atoms with Crippen molar-refractivity contribution in [1.82, 2.24) is 10.2 Å². The van der Waals surface area contributed by atoms with Gasteiger partial charge < -0.3 is 10.6 Å². The molecule has 0 fully saturated rings. The molecule has 1 heterocycles. The van der Waals surface area contributed by atoms with Crippen LogP contribution in [-0.2, 0) is 4.79 Å². The predicted octanol–water partition coefficient (Wildman–Crippen LogP) is 5.39. The van der Waals surface area contributed by atoms with E-state index in [9.17, 15) is 4.79 Å². The minimum atomic E-state index is -0.0730. The summed E-state index contributed by atoms with van der Waals surface area (Å²) < 4.78 is 1.73. The van der Waals surface area contributed by atoms with Crippen molar-refractivity contribution in [2.24, 2.45) is 0 Å². The average Bonchev–Trinajstić information content (AvgIpc) is 3.06. The summed E-state index contributed by atoms with van der Waals surface area (Å²) in [4.78, 5) is 12.0. The lowest BCUT2D eigenvalue weighted by molar-refractivity contribution is -0.113. The fourth-order valence-corrected chi connectivity index (χ4v) is 3.96. The summed E-state index contributed by atoms with van der Waals surface area (Å²) in [6, 6.07) is 13.6. The summed E-state index contributed by atoms with van der Waals surface area (Å²) in [5, 5.41) is 15.1. The quantitative estimate of drug-likeness (QED) is 0.494. The molecule has 2 aromatic carbocycles. The second-order valence-corrected chi connectivity index (χ2v) is 8.76. The second kappa shape index (κ2) is 8.66. The number of carbonyl (C=O) groups is 1. The van der Waals surface area contributed by atoms with Gasteiger partial charge in [-0.25, -0.2) is 0 Å². The zero-order chi connectivity index (χ0) is 18.5. The highest BCUT2D eigenvalue weighted by Gasteiger charge is 2.09. The van der Waals surface area contributed by atoms with E-state index in [-0.39, 0.29) is 11.7 Å². The Bertz CT molecular complexity index is 912. The Kier molecular flexibility index (Phi) is 6.29. The summed E-state index contributed by atoms with van der Waals surface area (Å²) in [5.74, 6) is 0.213. The Morgan fingerprint density at radius 2 is 1.81 bits per heavy atom. The van der Waals surface area contributed by atoms with Crippen LogP contribution in [0.15, 0.2) is 51.3 Å². The van der Waals surface area contributed by atoms with Gasteiger partial charge in [-0.1, -0.05) is 45.1 Å². The third-order valence-electron chi connectivity index (χ3n) is 3.62. The van der Waals surface area contributed by atoms with Gasteiger partial charge >= 0.3 is 0 Å². The molecule has 1 amide bonds. The standard InChI is InChI=1S/C18H17BrN4OS2/c1-11-3-6-15(9-12(11)2)21-17-22-23-18(26-17)25-10-16(24)20-14-7-4-13(19)5-8-14/h3-9H,10H2,1-2H3,(H,20,24)(H,21,22). The SMILES string of the molecule is Cc1ccc(Nc2nnc(SCC(=O)Nc3ccc(Br)cc3)s2)cc1C. The van der Waals surface area contributed by atoms with Crippen LogP contribution in [0.3, 0.4) is 0 Å². The maximum atomic E-state index is 12.0. The molecule has 0 radical (unpaired) electrons. The van der Waals surface area contributed by atoms with Crippen LogP contribution in [0.2, 0.25) is 0 Å². The van der Waals surface area contributed by atoms with Gasteiger partial charge in [0.1, 0.15) is 0 Å². The number of rotatable bonds is 6. The average molecular weight is 449 g/mol. The molecule has 5 nitrogen and oxygen atoms in total. The summed E-state index contributed by atoms with van der Waals surface area (Å²) in [5.41, 5.74) is 4.22. The zero-order valence-corrected chi connectivity index (χ0v) is 17.5. The van der Waals surface area contributed by atoms with Gasteiger partial charge in [-0.3, -0.25) is 4.79 Å². The van der Waals surface area contributed by atoms with E-state index in [4.69, 9.17) is 0 Å². The number of hydrogen-bond donors (Lipinski definition) is 2. The monoisotopic (exact) mass is 448 g/mol. The van der Waals surface area contributed by atoms with E-state index in [1.807, 2.05) is 30.3 Å². The molecule has 134 valence electrons. The molecule has 3 aromatic rings. The summed E-state index contributed by atoms with van der Waals surface area (Å²) in [6.45, 7) is 4.16. The molecule has 0 saturated carbocycles. The van der Waals surface area contributed by atoms with Crippen LogP contribution in [0.5, 0.6) is 0 Å². The number of benzene rings is 2. The third-order valence-corrected chi connectivity index (χ3v) is 6.12. The normalized spacial score (nSPS) is 10.6. The van der Waals surface area contributed by atoms with Gasteiger partial charge in [0.15, 0.2) is 4.34 Å². The van der Waals surface area contributed by atoms with E-state index in [1.54, 1.807) is 0 Å². The number of anilines is 3. The number of aryl methyl sites for hydroxylation is 2. The summed E-state index contributed by atoms with van der Waals surface area (Å²) in [6.07, 6.45) is 0. The summed E-state index contributed by atoms with van der Waals surface area (Å²) >= 11 is 6.17. The van der Waals surface area contributed by atoms with E-state index in [1.165, 1.54) is 34.2 Å². The van der Waals surface area contributed by atoms with E-state index in [0.29, 0.717) is 5.13 Å². The molecule has 26 heavy (non-hydrogen) atoms. The van der Waals surface area contributed by atoms with Crippen molar-refractivity contribution in [2.75, 3.05) is 16.4 Å². The highest BCUT2D eigenvalue weighted by molar-refractivity contribution is 9.10. The van der Waals surface area contributed by atoms with Crippen LogP contribution in [0, 0.1) is 13.8 Å². The number of aromatic nitrogens is 2. The second-order valence-electron chi connectivity index (χ2n) is 5.64. The fraction of sp³-hybridized carbons (Fsp3) is 0.167. The Morgan fingerprint density at radius 3 is 2.54 bits per heavy atom. The van der Waals surface area contributed by atoms with E-state index in [0.717, 1.165) is 20.2 Å². The molecule has 8 heteroatoms. The maximum Gasteiger partial charge on any atom is 0.234 e. The van der Waals surface area contributed by atoms with Crippen molar-refractivity contribution in [3.8, 4) is 0 Å². The Hall–Kier alpha value is -1.90. The fourth-order valence-electron chi connectivity index (χ4n) is 2.12. The van der Waals surface area contributed by atoms with E-state index in [2.05, 4.69) is 62.7 Å².